The van der Waals surface area contributed by atoms with Gasteiger partial charge in [-0.05, 0) is 67.4 Å². The molecule has 0 amide bonds. The van der Waals surface area contributed by atoms with Gasteiger partial charge in [-0.2, -0.15) is 0 Å². The minimum Gasteiger partial charge on any atom is -0.504 e. The summed E-state index contributed by atoms with van der Waals surface area (Å²) < 4.78 is 5.22. The average Bonchev–Trinajstić information content (AvgIpc) is 2.74. The molecule has 2 unspecified atom stereocenters. The van der Waals surface area contributed by atoms with Crippen molar-refractivity contribution in [2.24, 2.45) is 17.8 Å². The molecule has 0 aliphatic heterocycles. The molecule has 2 atom stereocenters. The lowest BCUT2D eigenvalue weighted by Gasteiger charge is -2.15. The summed E-state index contributed by atoms with van der Waals surface area (Å²) in [5, 5.41) is 18.8. The average molecular weight is 459 g/mol. The van der Waals surface area contributed by atoms with Gasteiger partial charge in [0, 0.05) is 6.08 Å². The molecule has 1 rings (SSSR count). The van der Waals surface area contributed by atoms with Crippen LogP contribution in [0.5, 0.6) is 11.5 Å². The fraction of sp³-hybridized carbons (Fsp3) is 0.621. The molecule has 1 aromatic carbocycles. The van der Waals surface area contributed by atoms with Crippen LogP contribution in [0, 0.1) is 17.8 Å². The Bertz CT molecular complexity index is 748. The maximum Gasteiger partial charge on any atom is 0.331 e. The van der Waals surface area contributed by atoms with E-state index in [4.69, 9.17) is 4.74 Å². The molecule has 4 heteroatoms. The fourth-order valence-electron chi connectivity index (χ4n) is 3.93. The molecular weight excluding hydrogens is 412 g/mol. The lowest BCUT2D eigenvalue weighted by atomic mass is 9.91. The van der Waals surface area contributed by atoms with E-state index in [1.165, 1.54) is 75.1 Å². The van der Waals surface area contributed by atoms with E-state index >= 15 is 0 Å². The molecule has 0 bridgehead atoms. The first kappa shape index (κ1) is 28.8. The molecule has 0 spiro atoms. The molecule has 0 aliphatic carbocycles. The fourth-order valence-corrected chi connectivity index (χ4v) is 3.93. The molecular formula is C29H46O4. The van der Waals surface area contributed by atoms with Gasteiger partial charge in [0.25, 0.3) is 0 Å². The zero-order valence-corrected chi connectivity index (χ0v) is 21.5. The van der Waals surface area contributed by atoms with Crippen molar-refractivity contribution in [3.05, 3.63) is 41.5 Å². The minimum atomic E-state index is -0.432. The molecule has 0 aromatic heterocycles. The zero-order chi connectivity index (χ0) is 24.6. The van der Waals surface area contributed by atoms with Gasteiger partial charge in [0.05, 0.1) is 0 Å². The van der Waals surface area contributed by atoms with Crippen LogP contribution in [-0.2, 0) is 9.53 Å². The third-order valence-electron chi connectivity index (χ3n) is 6.21. The SMILES string of the molecule is C/C(=C\COC(=O)/C=C/c1ccc(O)c(O)c1)CCCC(C)CCCC(C)CCCC(C)C. The lowest BCUT2D eigenvalue weighted by Crippen LogP contribution is -2.01. The maximum atomic E-state index is 11.8. The second-order valence-electron chi connectivity index (χ2n) is 10.1. The van der Waals surface area contributed by atoms with Gasteiger partial charge >= 0.3 is 5.97 Å². The van der Waals surface area contributed by atoms with E-state index < -0.39 is 5.97 Å². The topological polar surface area (TPSA) is 66.8 Å². The standard InChI is InChI=1S/C29H46O4/c1-22(2)9-6-10-23(3)11-7-12-24(4)13-8-14-25(5)19-20-33-29(32)18-16-26-15-17-27(30)28(31)21-26/h15-19,21-24,30-31H,6-14,20H2,1-5H3/b18-16+,25-19+. The molecule has 0 aliphatic rings. The third-order valence-corrected chi connectivity index (χ3v) is 6.21. The first-order chi connectivity index (χ1) is 15.7. The van der Waals surface area contributed by atoms with Gasteiger partial charge in [0.15, 0.2) is 11.5 Å². The highest BCUT2D eigenvalue weighted by Gasteiger charge is 2.07. The van der Waals surface area contributed by atoms with Gasteiger partial charge in [-0.15, -0.1) is 0 Å². The van der Waals surface area contributed by atoms with Crippen molar-refractivity contribution in [3.63, 3.8) is 0 Å². The summed E-state index contributed by atoms with van der Waals surface area (Å²) in [5.74, 6) is 1.61. The minimum absolute atomic E-state index is 0.188. The molecule has 0 saturated carbocycles. The van der Waals surface area contributed by atoms with Crippen LogP contribution in [-0.4, -0.2) is 22.8 Å². The van der Waals surface area contributed by atoms with E-state index in [0.717, 1.165) is 24.2 Å². The van der Waals surface area contributed by atoms with Crippen LogP contribution in [0.2, 0.25) is 0 Å². The first-order valence-electron chi connectivity index (χ1n) is 12.7. The predicted octanol–water partition coefficient (Wildman–Crippen LogP) is 8.04. The number of aromatic hydroxyl groups is 2. The van der Waals surface area contributed by atoms with Gasteiger partial charge in [0.1, 0.15) is 6.61 Å². The summed E-state index contributed by atoms with van der Waals surface area (Å²) >= 11 is 0. The Kier molecular flexibility index (Phi) is 14.3. The van der Waals surface area contributed by atoms with Crippen molar-refractivity contribution in [1.82, 2.24) is 0 Å². The maximum absolute atomic E-state index is 11.8. The van der Waals surface area contributed by atoms with Crippen molar-refractivity contribution in [3.8, 4) is 11.5 Å². The summed E-state index contributed by atoms with van der Waals surface area (Å²) in [4.78, 5) is 11.8. The quantitative estimate of drug-likeness (QED) is 0.114. The number of benzene rings is 1. The number of phenols is 2. The molecule has 186 valence electrons. The Labute approximate surface area is 201 Å². The molecule has 0 saturated heterocycles. The number of carbonyl (C=O) groups is 1. The van der Waals surface area contributed by atoms with Crippen LogP contribution in [0.4, 0.5) is 0 Å². The highest BCUT2D eigenvalue weighted by Crippen LogP contribution is 2.25. The largest absolute Gasteiger partial charge is 0.504 e. The Hall–Kier alpha value is -2.23. The number of rotatable bonds is 16. The van der Waals surface area contributed by atoms with Crippen LogP contribution in [0.3, 0.4) is 0 Å². The zero-order valence-electron chi connectivity index (χ0n) is 21.5. The van der Waals surface area contributed by atoms with E-state index in [2.05, 4.69) is 34.6 Å². The van der Waals surface area contributed by atoms with E-state index in [1.807, 2.05) is 6.08 Å². The van der Waals surface area contributed by atoms with Crippen LogP contribution in [0.25, 0.3) is 6.08 Å². The van der Waals surface area contributed by atoms with Crippen molar-refractivity contribution in [2.45, 2.75) is 92.4 Å². The van der Waals surface area contributed by atoms with Gasteiger partial charge < -0.3 is 14.9 Å². The molecule has 0 fully saturated rings. The van der Waals surface area contributed by atoms with E-state index in [-0.39, 0.29) is 18.1 Å². The Morgan fingerprint density at radius 1 is 0.909 bits per heavy atom. The summed E-state index contributed by atoms with van der Waals surface area (Å²) in [6, 6.07) is 4.37. The highest BCUT2D eigenvalue weighted by atomic mass is 16.5. The lowest BCUT2D eigenvalue weighted by molar-refractivity contribution is -0.136. The van der Waals surface area contributed by atoms with Crippen molar-refractivity contribution in [2.75, 3.05) is 6.61 Å². The summed E-state index contributed by atoms with van der Waals surface area (Å²) in [6.07, 6.45) is 16.4. The van der Waals surface area contributed by atoms with Crippen LogP contribution < -0.4 is 0 Å². The molecule has 33 heavy (non-hydrogen) atoms. The normalized spacial score (nSPS) is 14.1. The molecule has 0 heterocycles. The van der Waals surface area contributed by atoms with Gasteiger partial charge in [0.2, 0.25) is 0 Å². The number of esters is 1. The second kappa shape index (κ2) is 16.4. The summed E-state index contributed by atoms with van der Waals surface area (Å²) in [6.45, 7) is 11.7. The Morgan fingerprint density at radius 2 is 1.52 bits per heavy atom. The first-order valence-corrected chi connectivity index (χ1v) is 12.7. The Morgan fingerprint density at radius 3 is 2.12 bits per heavy atom. The Balaban J connectivity index is 2.15. The van der Waals surface area contributed by atoms with Gasteiger partial charge in [-0.25, -0.2) is 4.79 Å². The van der Waals surface area contributed by atoms with E-state index in [1.54, 1.807) is 12.1 Å². The van der Waals surface area contributed by atoms with Crippen LogP contribution in [0.15, 0.2) is 35.9 Å². The molecule has 1 aromatic rings. The van der Waals surface area contributed by atoms with Crippen LogP contribution >= 0.6 is 0 Å². The van der Waals surface area contributed by atoms with Crippen LogP contribution in [0.1, 0.15) is 98.0 Å². The second-order valence-corrected chi connectivity index (χ2v) is 10.1. The van der Waals surface area contributed by atoms with E-state index in [0.29, 0.717) is 5.56 Å². The predicted molar refractivity (Wildman–Crippen MR) is 138 cm³/mol. The van der Waals surface area contributed by atoms with Crippen molar-refractivity contribution in [1.29, 1.82) is 0 Å². The number of hydrogen-bond acceptors (Lipinski definition) is 4. The molecule has 2 N–H and O–H groups in total. The molecule has 0 radical (unpaired) electrons. The van der Waals surface area contributed by atoms with Gasteiger partial charge in [-0.1, -0.05) is 84.3 Å². The smallest absolute Gasteiger partial charge is 0.331 e. The monoisotopic (exact) mass is 458 g/mol. The summed E-state index contributed by atoms with van der Waals surface area (Å²) in [7, 11) is 0. The number of hydrogen-bond donors (Lipinski definition) is 2. The summed E-state index contributed by atoms with van der Waals surface area (Å²) in [5.41, 5.74) is 1.87. The van der Waals surface area contributed by atoms with E-state index in [9.17, 15) is 15.0 Å². The third kappa shape index (κ3) is 14.5. The van der Waals surface area contributed by atoms with Gasteiger partial charge in [-0.3, -0.25) is 0 Å². The number of ether oxygens (including phenoxy) is 1. The molecule has 4 nitrogen and oxygen atoms in total. The number of allylic oxidation sites excluding steroid dienone is 1. The van der Waals surface area contributed by atoms with Crippen molar-refractivity contribution >= 4 is 12.0 Å². The number of carbonyl (C=O) groups excluding carboxylic acids is 1. The number of phenolic OH excluding ortho intramolecular Hbond substituents is 2. The van der Waals surface area contributed by atoms with Crippen molar-refractivity contribution < 1.29 is 19.7 Å². The highest BCUT2D eigenvalue weighted by molar-refractivity contribution is 5.87.